The van der Waals surface area contributed by atoms with Gasteiger partial charge in [0.1, 0.15) is 10.6 Å². The Hall–Kier alpha value is -3.49. The minimum absolute atomic E-state index is 0.0693. The van der Waals surface area contributed by atoms with Crippen molar-refractivity contribution in [3.05, 3.63) is 65.0 Å². The van der Waals surface area contributed by atoms with Gasteiger partial charge in [-0.3, -0.25) is 0 Å². The van der Waals surface area contributed by atoms with E-state index in [-0.39, 0.29) is 18.2 Å². The molecule has 3 heterocycles. The van der Waals surface area contributed by atoms with Crippen LogP contribution in [0.1, 0.15) is 36.7 Å². The van der Waals surface area contributed by atoms with Gasteiger partial charge in [0, 0.05) is 24.0 Å². The highest BCUT2D eigenvalue weighted by Gasteiger charge is 2.28. The van der Waals surface area contributed by atoms with E-state index in [1.54, 1.807) is 0 Å². The predicted octanol–water partition coefficient (Wildman–Crippen LogP) is 6.20. The van der Waals surface area contributed by atoms with E-state index in [2.05, 4.69) is 24.1 Å². The van der Waals surface area contributed by atoms with Crippen LogP contribution < -0.4 is 10.2 Å². The van der Waals surface area contributed by atoms with E-state index in [0.717, 1.165) is 33.5 Å². The third-order valence-electron chi connectivity index (χ3n) is 6.14. The highest BCUT2D eigenvalue weighted by molar-refractivity contribution is 7.15. The summed E-state index contributed by atoms with van der Waals surface area (Å²) in [5.41, 5.74) is 5.08. The molecule has 2 aromatic carbocycles. The maximum Gasteiger partial charge on any atom is 0.341 e. The van der Waals surface area contributed by atoms with E-state index in [1.165, 1.54) is 11.3 Å². The Balaban J connectivity index is 1.61. The first-order valence-corrected chi connectivity index (χ1v) is 13.1. The van der Waals surface area contributed by atoms with Gasteiger partial charge in [0.2, 0.25) is 0 Å². The first-order chi connectivity index (χ1) is 17.4. The number of nitrogens with one attached hydrogen (secondary N) is 1. The second-order valence-electron chi connectivity index (χ2n) is 9.11. The molecule has 7 nitrogen and oxygen atoms in total. The lowest BCUT2D eigenvalue weighted by Crippen LogP contribution is -2.46. The minimum atomic E-state index is -0.360. The van der Waals surface area contributed by atoms with Crippen molar-refractivity contribution < 1.29 is 14.3 Å². The number of hydrogen-bond acceptors (Lipinski definition) is 8. The monoisotopic (exact) mass is 502 g/mol. The molecule has 186 valence electrons. The molecule has 36 heavy (non-hydrogen) atoms. The first kappa shape index (κ1) is 24.2. The molecule has 4 aromatic rings. The maximum atomic E-state index is 13.1. The number of para-hydroxylation sites is 2. The van der Waals surface area contributed by atoms with Crippen LogP contribution in [0.4, 0.5) is 16.6 Å². The topological polar surface area (TPSA) is 76.6 Å². The average molecular weight is 503 g/mol. The number of hydrogen-bond donors (Lipinski definition) is 1. The number of thiophene rings is 1. The zero-order chi connectivity index (χ0) is 25.2. The van der Waals surface area contributed by atoms with Gasteiger partial charge >= 0.3 is 5.97 Å². The summed E-state index contributed by atoms with van der Waals surface area (Å²) in [5, 5.41) is 6.14. The molecule has 1 N–H and O–H groups in total. The Morgan fingerprint density at radius 3 is 2.42 bits per heavy atom. The normalized spacial score (nSPS) is 17.8. The van der Waals surface area contributed by atoms with Crippen molar-refractivity contribution in [2.75, 3.05) is 29.9 Å². The molecule has 0 aliphatic carbocycles. The second-order valence-corrected chi connectivity index (χ2v) is 9.99. The molecule has 0 saturated carbocycles. The zero-order valence-corrected chi connectivity index (χ0v) is 21.8. The summed E-state index contributed by atoms with van der Waals surface area (Å²) >= 11 is 1.46. The molecule has 2 aromatic heterocycles. The lowest BCUT2D eigenvalue weighted by Gasteiger charge is -2.36. The number of benzene rings is 2. The van der Waals surface area contributed by atoms with Crippen LogP contribution in [0.15, 0.2) is 53.9 Å². The molecule has 2 atom stereocenters. The van der Waals surface area contributed by atoms with Gasteiger partial charge < -0.3 is 19.7 Å². The van der Waals surface area contributed by atoms with Crippen molar-refractivity contribution >= 4 is 45.0 Å². The number of rotatable bonds is 6. The number of esters is 1. The van der Waals surface area contributed by atoms with E-state index in [1.807, 2.05) is 67.8 Å². The summed E-state index contributed by atoms with van der Waals surface area (Å²) in [6.45, 7) is 9.70. The number of nitrogens with zero attached hydrogens (tertiary/aromatic N) is 3. The Bertz CT molecular complexity index is 1380. The SMILES string of the molecule is CCOC(=O)c1c(-c2ccc(C)cc2)csc1Nc1nc2ccccc2nc1N1C[C@@H](C)O[C@@H](C)C1. The van der Waals surface area contributed by atoms with Gasteiger partial charge in [-0.15, -0.1) is 11.3 Å². The van der Waals surface area contributed by atoms with Gasteiger partial charge in [0.15, 0.2) is 11.6 Å². The Morgan fingerprint density at radius 2 is 1.75 bits per heavy atom. The molecule has 1 fully saturated rings. The number of carbonyl (C=O) groups is 1. The number of aryl methyl sites for hydroxylation is 1. The molecule has 0 radical (unpaired) electrons. The van der Waals surface area contributed by atoms with Crippen LogP contribution in [0.3, 0.4) is 0 Å². The number of anilines is 3. The number of ether oxygens (including phenoxy) is 2. The number of fused-ring (bicyclic) bond motifs is 1. The highest BCUT2D eigenvalue weighted by Crippen LogP contribution is 2.39. The van der Waals surface area contributed by atoms with Crippen LogP contribution in [0, 0.1) is 6.92 Å². The average Bonchev–Trinajstić information content (AvgIpc) is 3.27. The lowest BCUT2D eigenvalue weighted by molar-refractivity contribution is -0.00541. The third-order valence-corrected chi connectivity index (χ3v) is 7.03. The van der Waals surface area contributed by atoms with Crippen molar-refractivity contribution in [2.45, 2.75) is 39.9 Å². The minimum Gasteiger partial charge on any atom is -0.462 e. The molecule has 1 aliphatic heterocycles. The summed E-state index contributed by atoms with van der Waals surface area (Å²) in [6.07, 6.45) is 0.139. The van der Waals surface area contributed by atoms with Crippen LogP contribution in [0.2, 0.25) is 0 Å². The molecule has 0 unspecified atom stereocenters. The van der Waals surface area contributed by atoms with Gasteiger partial charge in [0.25, 0.3) is 0 Å². The molecular formula is C28H30N4O3S. The van der Waals surface area contributed by atoms with Gasteiger partial charge in [-0.05, 0) is 45.4 Å². The van der Waals surface area contributed by atoms with Crippen molar-refractivity contribution in [1.29, 1.82) is 0 Å². The maximum absolute atomic E-state index is 13.1. The molecule has 5 rings (SSSR count). The zero-order valence-electron chi connectivity index (χ0n) is 20.9. The van der Waals surface area contributed by atoms with Crippen LogP contribution in [-0.2, 0) is 9.47 Å². The number of carbonyl (C=O) groups excluding carboxylic acids is 1. The molecular weight excluding hydrogens is 472 g/mol. The van der Waals surface area contributed by atoms with Crippen LogP contribution in [0.25, 0.3) is 22.2 Å². The van der Waals surface area contributed by atoms with E-state index in [4.69, 9.17) is 19.4 Å². The van der Waals surface area contributed by atoms with E-state index < -0.39 is 0 Å². The summed E-state index contributed by atoms with van der Waals surface area (Å²) in [5.74, 6) is 0.995. The second kappa shape index (κ2) is 10.2. The summed E-state index contributed by atoms with van der Waals surface area (Å²) in [4.78, 5) is 25.3. The molecule has 0 spiro atoms. The van der Waals surface area contributed by atoms with Crippen LogP contribution >= 0.6 is 11.3 Å². The van der Waals surface area contributed by atoms with Crippen LogP contribution in [0.5, 0.6) is 0 Å². The fraction of sp³-hybridized carbons (Fsp3) is 0.321. The fourth-order valence-corrected chi connectivity index (χ4v) is 5.51. The smallest absolute Gasteiger partial charge is 0.341 e. The van der Waals surface area contributed by atoms with E-state index in [9.17, 15) is 4.79 Å². The molecule has 0 amide bonds. The highest BCUT2D eigenvalue weighted by atomic mass is 32.1. The quantitative estimate of drug-likeness (QED) is 0.315. The number of aromatic nitrogens is 2. The fourth-order valence-electron chi connectivity index (χ4n) is 4.55. The van der Waals surface area contributed by atoms with Crippen molar-refractivity contribution in [3.63, 3.8) is 0 Å². The van der Waals surface area contributed by atoms with Crippen molar-refractivity contribution in [2.24, 2.45) is 0 Å². The summed E-state index contributed by atoms with van der Waals surface area (Å²) in [7, 11) is 0. The molecule has 1 aliphatic rings. The molecule has 1 saturated heterocycles. The van der Waals surface area contributed by atoms with Gasteiger partial charge in [0.05, 0.1) is 29.8 Å². The Labute approximate surface area is 215 Å². The summed E-state index contributed by atoms with van der Waals surface area (Å²) < 4.78 is 11.4. The van der Waals surface area contributed by atoms with Crippen molar-refractivity contribution in [1.82, 2.24) is 9.97 Å². The van der Waals surface area contributed by atoms with Gasteiger partial charge in [-0.2, -0.15) is 0 Å². The van der Waals surface area contributed by atoms with Gasteiger partial charge in [-0.1, -0.05) is 42.0 Å². The largest absolute Gasteiger partial charge is 0.462 e. The van der Waals surface area contributed by atoms with Gasteiger partial charge in [-0.25, -0.2) is 14.8 Å². The first-order valence-electron chi connectivity index (χ1n) is 12.2. The number of morpholine rings is 1. The molecule has 0 bridgehead atoms. The standard InChI is InChI=1S/C28H30N4O3S/c1-5-34-28(33)24-21(20-12-10-17(2)11-13-20)16-36-27(24)31-25-26(32-14-18(3)35-19(4)15-32)30-23-9-7-6-8-22(23)29-25/h6-13,16,18-19H,5,14-15H2,1-4H3,(H,29,31)/t18-,19+. The Kier molecular flexibility index (Phi) is 6.89. The Morgan fingerprint density at radius 1 is 1.08 bits per heavy atom. The molecule has 8 heteroatoms. The predicted molar refractivity (Wildman–Crippen MR) is 145 cm³/mol. The summed E-state index contributed by atoms with van der Waals surface area (Å²) in [6, 6.07) is 16.0. The third kappa shape index (κ3) is 4.92. The van der Waals surface area contributed by atoms with Crippen LogP contribution in [-0.4, -0.2) is 47.8 Å². The van der Waals surface area contributed by atoms with E-state index in [0.29, 0.717) is 36.1 Å². The van der Waals surface area contributed by atoms with E-state index >= 15 is 0 Å². The lowest BCUT2D eigenvalue weighted by atomic mass is 10.0. The van der Waals surface area contributed by atoms with Crippen molar-refractivity contribution in [3.8, 4) is 11.1 Å².